The zero-order valence-electron chi connectivity index (χ0n) is 11.4. The van der Waals surface area contributed by atoms with E-state index in [0.717, 1.165) is 18.4 Å². The molecule has 0 amide bonds. The summed E-state index contributed by atoms with van der Waals surface area (Å²) < 4.78 is 0. The molecule has 0 aliphatic rings. The van der Waals surface area contributed by atoms with E-state index in [1.807, 2.05) is 48.5 Å². The molecule has 1 heteroatoms. The molecular formula is C18H20O. The summed E-state index contributed by atoms with van der Waals surface area (Å²) in [5.74, 6) is 0.571. The van der Waals surface area contributed by atoms with Gasteiger partial charge >= 0.3 is 0 Å². The van der Waals surface area contributed by atoms with Crippen LogP contribution in [0.4, 0.5) is 0 Å². The van der Waals surface area contributed by atoms with Gasteiger partial charge in [-0.1, -0.05) is 74.0 Å². The number of ketones is 1. The average Bonchev–Trinajstić information content (AvgIpc) is 2.48. The highest BCUT2D eigenvalue weighted by Gasteiger charge is 2.16. The van der Waals surface area contributed by atoms with Crippen LogP contribution in [0.1, 0.15) is 48.0 Å². The number of carbonyl (C=O) groups excluding carboxylic acids is 1. The molecule has 0 aliphatic heterocycles. The predicted molar refractivity (Wildman–Crippen MR) is 79.5 cm³/mol. The topological polar surface area (TPSA) is 17.1 Å². The Hall–Kier alpha value is -1.89. The van der Waals surface area contributed by atoms with Crippen molar-refractivity contribution in [3.05, 3.63) is 71.8 Å². The fraction of sp³-hybridized carbons (Fsp3) is 0.278. The molecule has 0 radical (unpaired) electrons. The van der Waals surface area contributed by atoms with Gasteiger partial charge < -0.3 is 0 Å². The highest BCUT2D eigenvalue weighted by atomic mass is 16.1. The third-order valence-electron chi connectivity index (χ3n) is 3.44. The molecule has 0 saturated heterocycles. The summed E-state index contributed by atoms with van der Waals surface area (Å²) in [6, 6.07) is 19.9. The summed E-state index contributed by atoms with van der Waals surface area (Å²) >= 11 is 0. The summed E-state index contributed by atoms with van der Waals surface area (Å²) in [5, 5.41) is 0. The van der Waals surface area contributed by atoms with E-state index in [1.165, 1.54) is 5.56 Å². The first kappa shape index (κ1) is 13.5. The SMILES string of the molecule is CCC[C@@H](CC(=O)c1ccccc1)c1ccccc1. The Balaban J connectivity index is 2.11. The molecule has 0 spiro atoms. The van der Waals surface area contributed by atoms with Crippen molar-refractivity contribution in [2.24, 2.45) is 0 Å². The first-order valence-corrected chi connectivity index (χ1v) is 6.94. The van der Waals surface area contributed by atoms with E-state index in [9.17, 15) is 4.79 Å². The van der Waals surface area contributed by atoms with E-state index < -0.39 is 0 Å². The van der Waals surface area contributed by atoms with E-state index in [0.29, 0.717) is 12.3 Å². The second-order valence-electron chi connectivity index (χ2n) is 4.89. The second kappa shape index (κ2) is 6.89. The lowest BCUT2D eigenvalue weighted by Gasteiger charge is -2.15. The first-order chi connectivity index (χ1) is 9.31. The molecule has 0 unspecified atom stereocenters. The van der Waals surface area contributed by atoms with Crippen LogP contribution in [-0.4, -0.2) is 5.78 Å². The highest BCUT2D eigenvalue weighted by molar-refractivity contribution is 5.96. The van der Waals surface area contributed by atoms with Crippen LogP contribution in [-0.2, 0) is 0 Å². The van der Waals surface area contributed by atoms with Gasteiger partial charge in [-0.05, 0) is 17.9 Å². The predicted octanol–water partition coefficient (Wildman–Crippen LogP) is 4.84. The van der Waals surface area contributed by atoms with Gasteiger partial charge in [-0.15, -0.1) is 0 Å². The van der Waals surface area contributed by atoms with Crippen molar-refractivity contribution in [3.63, 3.8) is 0 Å². The largest absolute Gasteiger partial charge is 0.294 e. The number of hydrogen-bond donors (Lipinski definition) is 0. The summed E-state index contributed by atoms with van der Waals surface area (Å²) in [4.78, 5) is 12.3. The molecule has 0 N–H and O–H groups in total. The summed E-state index contributed by atoms with van der Waals surface area (Å²) in [6.07, 6.45) is 2.76. The Morgan fingerprint density at radius 1 is 0.947 bits per heavy atom. The minimum absolute atomic E-state index is 0.239. The average molecular weight is 252 g/mol. The number of Topliss-reactive ketones (excluding diaryl/α,β-unsaturated/α-hetero) is 1. The van der Waals surface area contributed by atoms with E-state index in [4.69, 9.17) is 0 Å². The van der Waals surface area contributed by atoms with Crippen molar-refractivity contribution in [1.29, 1.82) is 0 Å². The zero-order valence-corrected chi connectivity index (χ0v) is 11.4. The maximum Gasteiger partial charge on any atom is 0.163 e. The van der Waals surface area contributed by atoms with Gasteiger partial charge in [0.15, 0.2) is 5.78 Å². The molecular weight excluding hydrogens is 232 g/mol. The minimum Gasteiger partial charge on any atom is -0.294 e. The molecule has 0 bridgehead atoms. The van der Waals surface area contributed by atoms with E-state index in [1.54, 1.807) is 0 Å². The van der Waals surface area contributed by atoms with Crippen LogP contribution in [0.3, 0.4) is 0 Å². The monoisotopic (exact) mass is 252 g/mol. The van der Waals surface area contributed by atoms with Crippen LogP contribution in [0.15, 0.2) is 60.7 Å². The number of hydrogen-bond acceptors (Lipinski definition) is 1. The van der Waals surface area contributed by atoms with Crippen molar-refractivity contribution >= 4 is 5.78 Å². The molecule has 0 heterocycles. The first-order valence-electron chi connectivity index (χ1n) is 6.94. The number of carbonyl (C=O) groups is 1. The zero-order chi connectivity index (χ0) is 13.5. The van der Waals surface area contributed by atoms with Gasteiger partial charge in [0.2, 0.25) is 0 Å². The fourth-order valence-corrected chi connectivity index (χ4v) is 2.43. The van der Waals surface area contributed by atoms with Gasteiger partial charge in [-0.2, -0.15) is 0 Å². The lowest BCUT2D eigenvalue weighted by Crippen LogP contribution is -2.07. The lowest BCUT2D eigenvalue weighted by molar-refractivity contribution is 0.0972. The van der Waals surface area contributed by atoms with E-state index >= 15 is 0 Å². The summed E-state index contributed by atoms with van der Waals surface area (Å²) in [6.45, 7) is 2.17. The Bertz CT molecular complexity index is 502. The molecule has 0 saturated carbocycles. The Kier molecular flexibility index (Phi) is 4.91. The lowest BCUT2D eigenvalue weighted by atomic mass is 9.88. The molecule has 0 aliphatic carbocycles. The van der Waals surface area contributed by atoms with Crippen LogP contribution < -0.4 is 0 Å². The van der Waals surface area contributed by atoms with Gasteiger partial charge in [0.25, 0.3) is 0 Å². The number of rotatable bonds is 6. The van der Waals surface area contributed by atoms with Crippen LogP contribution in [0.25, 0.3) is 0 Å². The smallest absolute Gasteiger partial charge is 0.163 e. The van der Waals surface area contributed by atoms with Crippen LogP contribution in [0.5, 0.6) is 0 Å². The number of benzene rings is 2. The Morgan fingerprint density at radius 2 is 1.53 bits per heavy atom. The van der Waals surface area contributed by atoms with E-state index in [2.05, 4.69) is 19.1 Å². The quantitative estimate of drug-likeness (QED) is 0.672. The third kappa shape index (κ3) is 3.78. The highest BCUT2D eigenvalue weighted by Crippen LogP contribution is 2.26. The van der Waals surface area contributed by atoms with E-state index in [-0.39, 0.29) is 5.78 Å². The van der Waals surface area contributed by atoms with Gasteiger partial charge in [0.1, 0.15) is 0 Å². The molecule has 1 atom stereocenters. The maximum atomic E-state index is 12.3. The second-order valence-corrected chi connectivity index (χ2v) is 4.89. The van der Waals surface area contributed by atoms with Gasteiger partial charge in [0.05, 0.1) is 0 Å². The van der Waals surface area contributed by atoms with Crippen molar-refractivity contribution < 1.29 is 4.79 Å². The summed E-state index contributed by atoms with van der Waals surface area (Å²) in [7, 11) is 0. The molecule has 2 aromatic rings. The van der Waals surface area contributed by atoms with Gasteiger partial charge in [-0.3, -0.25) is 4.79 Å². The maximum absolute atomic E-state index is 12.3. The van der Waals surface area contributed by atoms with Crippen molar-refractivity contribution in [3.8, 4) is 0 Å². The van der Waals surface area contributed by atoms with Crippen molar-refractivity contribution in [2.75, 3.05) is 0 Å². The van der Waals surface area contributed by atoms with Gasteiger partial charge in [-0.25, -0.2) is 0 Å². The molecule has 0 fully saturated rings. The summed E-state index contributed by atoms with van der Waals surface area (Å²) in [5.41, 5.74) is 2.09. The molecule has 19 heavy (non-hydrogen) atoms. The normalized spacial score (nSPS) is 12.1. The van der Waals surface area contributed by atoms with Gasteiger partial charge in [0, 0.05) is 12.0 Å². The van der Waals surface area contributed by atoms with Crippen molar-refractivity contribution in [2.45, 2.75) is 32.1 Å². The minimum atomic E-state index is 0.239. The molecule has 0 aromatic heterocycles. The van der Waals surface area contributed by atoms with Crippen LogP contribution in [0.2, 0.25) is 0 Å². The molecule has 2 aromatic carbocycles. The molecule has 98 valence electrons. The van der Waals surface area contributed by atoms with Crippen molar-refractivity contribution in [1.82, 2.24) is 0 Å². The fourth-order valence-electron chi connectivity index (χ4n) is 2.43. The molecule has 2 rings (SSSR count). The van der Waals surface area contributed by atoms with Crippen LogP contribution in [0, 0.1) is 0 Å². The Labute approximate surface area is 115 Å². The standard InChI is InChI=1S/C18H20O/c1-2-9-17(15-10-5-3-6-11-15)14-18(19)16-12-7-4-8-13-16/h3-8,10-13,17H,2,9,14H2,1H3/t17-/m0/s1. The third-order valence-corrected chi connectivity index (χ3v) is 3.44. The van der Waals surface area contributed by atoms with Crippen LogP contribution >= 0.6 is 0 Å². The molecule has 1 nitrogen and oxygen atoms in total. The Morgan fingerprint density at radius 3 is 2.11 bits per heavy atom.